The molecule has 1 amide bonds. The highest BCUT2D eigenvalue weighted by Gasteiger charge is 2.17. The van der Waals surface area contributed by atoms with Crippen molar-refractivity contribution in [2.75, 3.05) is 11.9 Å². The molecule has 1 aromatic carbocycles. The summed E-state index contributed by atoms with van der Waals surface area (Å²) in [6.07, 6.45) is -0.501. The molecular formula is C15H21NO3. The van der Waals surface area contributed by atoms with Crippen molar-refractivity contribution in [3.8, 4) is 5.75 Å². The summed E-state index contributed by atoms with van der Waals surface area (Å²) in [4.78, 5) is 11.7. The lowest BCUT2D eigenvalue weighted by molar-refractivity contribution is 0.0635. The summed E-state index contributed by atoms with van der Waals surface area (Å²) in [6.45, 7) is 11.5. The van der Waals surface area contributed by atoms with Gasteiger partial charge in [0.25, 0.3) is 0 Å². The molecule has 0 spiro atoms. The zero-order valence-electron chi connectivity index (χ0n) is 11.9. The molecule has 4 heteroatoms. The number of amides is 1. The van der Waals surface area contributed by atoms with Crippen LogP contribution in [-0.2, 0) is 4.74 Å². The zero-order valence-corrected chi connectivity index (χ0v) is 11.9. The van der Waals surface area contributed by atoms with Crippen molar-refractivity contribution in [2.45, 2.75) is 33.3 Å². The van der Waals surface area contributed by atoms with Crippen LogP contribution in [0.2, 0.25) is 0 Å². The molecule has 1 N–H and O–H groups in total. The van der Waals surface area contributed by atoms with Crippen molar-refractivity contribution < 1.29 is 14.3 Å². The molecule has 0 aliphatic heterocycles. The fourth-order valence-corrected chi connectivity index (χ4v) is 1.31. The average molecular weight is 263 g/mol. The van der Waals surface area contributed by atoms with Crippen molar-refractivity contribution in [2.24, 2.45) is 0 Å². The summed E-state index contributed by atoms with van der Waals surface area (Å²) in [5.41, 5.74) is 0.961. The van der Waals surface area contributed by atoms with E-state index in [2.05, 4.69) is 11.9 Å². The quantitative estimate of drug-likeness (QED) is 0.835. The first kappa shape index (κ1) is 15.1. The van der Waals surface area contributed by atoms with E-state index in [0.717, 1.165) is 5.57 Å². The minimum absolute atomic E-state index is 0.410. The molecule has 104 valence electrons. The SMILES string of the molecule is C=C(C)COc1ccccc1NC(=O)OC(C)(C)C. The van der Waals surface area contributed by atoms with Gasteiger partial charge in [-0.15, -0.1) is 0 Å². The number of anilines is 1. The first-order chi connectivity index (χ1) is 8.78. The number of carbonyl (C=O) groups excluding carboxylic acids is 1. The second-order valence-corrected chi connectivity index (χ2v) is 5.37. The van der Waals surface area contributed by atoms with Crippen LogP contribution < -0.4 is 10.1 Å². The number of para-hydroxylation sites is 2. The first-order valence-corrected chi connectivity index (χ1v) is 6.14. The van der Waals surface area contributed by atoms with Gasteiger partial charge in [-0.3, -0.25) is 5.32 Å². The van der Waals surface area contributed by atoms with E-state index in [-0.39, 0.29) is 0 Å². The third-order valence-electron chi connectivity index (χ3n) is 2.00. The van der Waals surface area contributed by atoms with Crippen molar-refractivity contribution >= 4 is 11.8 Å². The molecular weight excluding hydrogens is 242 g/mol. The molecule has 1 rings (SSSR count). The summed E-state index contributed by atoms with van der Waals surface area (Å²) < 4.78 is 10.8. The highest BCUT2D eigenvalue weighted by molar-refractivity contribution is 5.86. The molecule has 0 fully saturated rings. The van der Waals surface area contributed by atoms with Crippen molar-refractivity contribution in [1.82, 2.24) is 0 Å². The molecule has 4 nitrogen and oxygen atoms in total. The van der Waals surface area contributed by atoms with Gasteiger partial charge in [-0.25, -0.2) is 4.79 Å². The summed E-state index contributed by atoms with van der Waals surface area (Å²) in [6, 6.07) is 7.21. The molecule has 19 heavy (non-hydrogen) atoms. The molecule has 1 aromatic rings. The van der Waals surface area contributed by atoms with Crippen LogP contribution in [0.3, 0.4) is 0 Å². The van der Waals surface area contributed by atoms with Gasteiger partial charge in [-0.2, -0.15) is 0 Å². The Morgan fingerprint density at radius 3 is 2.53 bits per heavy atom. The molecule has 0 aliphatic carbocycles. The number of nitrogens with one attached hydrogen (secondary N) is 1. The predicted octanol–water partition coefficient (Wildman–Crippen LogP) is 3.99. The van der Waals surface area contributed by atoms with Crippen LogP contribution in [0.15, 0.2) is 36.4 Å². The molecule has 0 unspecified atom stereocenters. The minimum atomic E-state index is -0.530. The predicted molar refractivity (Wildman–Crippen MR) is 76.6 cm³/mol. The van der Waals surface area contributed by atoms with Crippen LogP contribution in [-0.4, -0.2) is 18.3 Å². The highest BCUT2D eigenvalue weighted by atomic mass is 16.6. The third kappa shape index (κ3) is 5.95. The average Bonchev–Trinajstić information content (AvgIpc) is 2.25. The Hall–Kier alpha value is -1.97. The monoisotopic (exact) mass is 263 g/mol. The Balaban J connectivity index is 2.72. The summed E-state index contributed by atoms with van der Waals surface area (Å²) in [5.74, 6) is 0.594. The molecule has 0 aliphatic rings. The van der Waals surface area contributed by atoms with E-state index in [4.69, 9.17) is 9.47 Å². The second-order valence-electron chi connectivity index (χ2n) is 5.37. The van der Waals surface area contributed by atoms with Gasteiger partial charge in [-0.05, 0) is 45.4 Å². The van der Waals surface area contributed by atoms with Gasteiger partial charge < -0.3 is 9.47 Å². The number of hydrogen-bond acceptors (Lipinski definition) is 3. The summed E-state index contributed by atoms with van der Waals surface area (Å²) in [7, 11) is 0. The molecule has 0 aromatic heterocycles. The Morgan fingerprint density at radius 2 is 1.95 bits per heavy atom. The Labute approximate surface area is 114 Å². The maximum atomic E-state index is 11.7. The minimum Gasteiger partial charge on any atom is -0.487 e. The lowest BCUT2D eigenvalue weighted by Crippen LogP contribution is -2.27. The number of rotatable bonds is 4. The van der Waals surface area contributed by atoms with Gasteiger partial charge in [0.1, 0.15) is 18.0 Å². The van der Waals surface area contributed by atoms with E-state index in [1.165, 1.54) is 0 Å². The molecule has 0 bridgehead atoms. The molecule has 0 heterocycles. The molecule has 0 atom stereocenters. The standard InChI is InChI=1S/C15H21NO3/c1-11(2)10-18-13-9-7-6-8-12(13)16-14(17)19-15(3,4)5/h6-9H,1,10H2,2-5H3,(H,16,17). The molecule has 0 radical (unpaired) electrons. The Kier molecular flexibility index (Phi) is 4.98. The van der Waals surface area contributed by atoms with Crippen LogP contribution >= 0.6 is 0 Å². The van der Waals surface area contributed by atoms with E-state index in [0.29, 0.717) is 18.0 Å². The van der Waals surface area contributed by atoms with E-state index in [9.17, 15) is 4.79 Å². The number of benzene rings is 1. The second kappa shape index (κ2) is 6.27. The van der Waals surface area contributed by atoms with Gasteiger partial charge in [-0.1, -0.05) is 18.7 Å². The fourth-order valence-electron chi connectivity index (χ4n) is 1.31. The van der Waals surface area contributed by atoms with Crippen LogP contribution in [0.1, 0.15) is 27.7 Å². The number of hydrogen-bond donors (Lipinski definition) is 1. The van der Waals surface area contributed by atoms with E-state index in [1.54, 1.807) is 12.1 Å². The third-order valence-corrected chi connectivity index (χ3v) is 2.00. The first-order valence-electron chi connectivity index (χ1n) is 6.14. The van der Waals surface area contributed by atoms with Gasteiger partial charge in [0.05, 0.1) is 5.69 Å². The topological polar surface area (TPSA) is 47.6 Å². The molecule has 0 saturated carbocycles. The van der Waals surface area contributed by atoms with Crippen molar-refractivity contribution in [3.05, 3.63) is 36.4 Å². The number of carbonyl (C=O) groups is 1. The fraction of sp³-hybridized carbons (Fsp3) is 0.400. The summed E-state index contributed by atoms with van der Waals surface area (Å²) >= 11 is 0. The van der Waals surface area contributed by atoms with Gasteiger partial charge in [0, 0.05) is 0 Å². The lowest BCUT2D eigenvalue weighted by atomic mass is 10.2. The van der Waals surface area contributed by atoms with Crippen LogP contribution in [0.4, 0.5) is 10.5 Å². The van der Waals surface area contributed by atoms with Crippen molar-refractivity contribution in [1.29, 1.82) is 0 Å². The lowest BCUT2D eigenvalue weighted by Gasteiger charge is -2.20. The van der Waals surface area contributed by atoms with Crippen LogP contribution in [0.5, 0.6) is 5.75 Å². The highest BCUT2D eigenvalue weighted by Crippen LogP contribution is 2.24. The smallest absolute Gasteiger partial charge is 0.412 e. The van der Waals surface area contributed by atoms with Crippen molar-refractivity contribution in [3.63, 3.8) is 0 Å². The maximum Gasteiger partial charge on any atom is 0.412 e. The normalized spacial score (nSPS) is 10.7. The largest absolute Gasteiger partial charge is 0.487 e. The maximum absolute atomic E-state index is 11.7. The van der Waals surface area contributed by atoms with E-state index < -0.39 is 11.7 Å². The number of ether oxygens (including phenoxy) is 2. The Morgan fingerprint density at radius 1 is 1.32 bits per heavy atom. The van der Waals surface area contributed by atoms with Gasteiger partial charge >= 0.3 is 6.09 Å². The van der Waals surface area contributed by atoms with Crippen LogP contribution in [0.25, 0.3) is 0 Å². The van der Waals surface area contributed by atoms with E-state index in [1.807, 2.05) is 39.8 Å². The van der Waals surface area contributed by atoms with E-state index >= 15 is 0 Å². The van der Waals surface area contributed by atoms with Crippen LogP contribution in [0, 0.1) is 0 Å². The molecule has 0 saturated heterocycles. The van der Waals surface area contributed by atoms with Gasteiger partial charge in [0.2, 0.25) is 0 Å². The van der Waals surface area contributed by atoms with Gasteiger partial charge in [0.15, 0.2) is 0 Å². The zero-order chi connectivity index (χ0) is 14.5. The Bertz CT molecular complexity index is 461. The summed E-state index contributed by atoms with van der Waals surface area (Å²) in [5, 5.41) is 2.67.